The van der Waals surface area contributed by atoms with Crippen molar-refractivity contribution in [2.24, 2.45) is 0 Å². The minimum Gasteiger partial charge on any atom is -0.310 e. The molecule has 0 amide bonds. The molecule has 1 aromatic rings. The SMILES string of the molecule is CCCC(CC)NCc1ccc(F)c(C(F)(F)F)c1. The molecule has 19 heavy (non-hydrogen) atoms. The van der Waals surface area contributed by atoms with E-state index in [-0.39, 0.29) is 6.04 Å². The fourth-order valence-corrected chi connectivity index (χ4v) is 1.96. The Kier molecular flexibility index (Phi) is 5.79. The van der Waals surface area contributed by atoms with Gasteiger partial charge >= 0.3 is 6.18 Å². The molecule has 0 saturated heterocycles. The predicted molar refractivity (Wildman–Crippen MR) is 67.2 cm³/mol. The average molecular weight is 277 g/mol. The van der Waals surface area contributed by atoms with Crippen LogP contribution in [0.25, 0.3) is 0 Å². The Morgan fingerprint density at radius 2 is 1.89 bits per heavy atom. The summed E-state index contributed by atoms with van der Waals surface area (Å²) >= 11 is 0. The van der Waals surface area contributed by atoms with Crippen LogP contribution in [0.3, 0.4) is 0 Å². The molecular formula is C14H19F4N. The highest BCUT2D eigenvalue weighted by molar-refractivity contribution is 5.27. The van der Waals surface area contributed by atoms with Crippen molar-refractivity contribution in [3.63, 3.8) is 0 Å². The lowest BCUT2D eigenvalue weighted by Gasteiger charge is -2.17. The second kappa shape index (κ2) is 6.89. The van der Waals surface area contributed by atoms with Crippen molar-refractivity contribution in [1.82, 2.24) is 5.32 Å². The maximum Gasteiger partial charge on any atom is 0.419 e. The molecule has 0 spiro atoms. The molecule has 0 saturated carbocycles. The summed E-state index contributed by atoms with van der Waals surface area (Å²) in [5.41, 5.74) is -0.751. The fourth-order valence-electron chi connectivity index (χ4n) is 1.96. The van der Waals surface area contributed by atoms with Crippen LogP contribution in [-0.2, 0) is 12.7 Å². The first-order chi connectivity index (χ1) is 8.88. The Labute approximate surface area is 111 Å². The Bertz CT molecular complexity index is 401. The Morgan fingerprint density at radius 3 is 2.42 bits per heavy atom. The van der Waals surface area contributed by atoms with Gasteiger partial charge in [-0.15, -0.1) is 0 Å². The number of halogens is 4. The van der Waals surface area contributed by atoms with Gasteiger partial charge in [-0.25, -0.2) is 4.39 Å². The van der Waals surface area contributed by atoms with Gasteiger partial charge in [0.15, 0.2) is 0 Å². The summed E-state index contributed by atoms with van der Waals surface area (Å²) in [5.74, 6) is -1.23. The molecule has 0 aliphatic carbocycles. The molecule has 1 nitrogen and oxygen atoms in total. The molecule has 0 heterocycles. The number of benzene rings is 1. The molecule has 1 aromatic carbocycles. The van der Waals surface area contributed by atoms with Gasteiger partial charge in [-0.1, -0.05) is 26.3 Å². The van der Waals surface area contributed by atoms with Crippen molar-refractivity contribution in [2.75, 3.05) is 0 Å². The number of alkyl halides is 3. The zero-order valence-electron chi connectivity index (χ0n) is 11.1. The maximum atomic E-state index is 13.1. The predicted octanol–water partition coefficient (Wildman–Crippen LogP) is 4.51. The minimum atomic E-state index is -4.65. The highest BCUT2D eigenvalue weighted by Crippen LogP contribution is 2.31. The van der Waals surface area contributed by atoms with Crippen LogP contribution in [0.5, 0.6) is 0 Å². The minimum absolute atomic E-state index is 0.282. The van der Waals surface area contributed by atoms with Crippen LogP contribution in [0.4, 0.5) is 17.6 Å². The summed E-state index contributed by atoms with van der Waals surface area (Å²) in [6.07, 6.45) is -1.73. The second-order valence-electron chi connectivity index (χ2n) is 4.59. The van der Waals surface area contributed by atoms with Gasteiger partial charge in [0.05, 0.1) is 5.56 Å². The molecule has 0 aliphatic rings. The highest BCUT2D eigenvalue weighted by atomic mass is 19.4. The van der Waals surface area contributed by atoms with Crippen LogP contribution < -0.4 is 5.32 Å². The molecule has 0 aliphatic heterocycles. The lowest BCUT2D eigenvalue weighted by Crippen LogP contribution is -2.27. The van der Waals surface area contributed by atoms with E-state index in [1.54, 1.807) is 0 Å². The van der Waals surface area contributed by atoms with E-state index in [1.165, 1.54) is 6.07 Å². The van der Waals surface area contributed by atoms with Gasteiger partial charge in [-0.2, -0.15) is 13.2 Å². The van der Waals surface area contributed by atoms with Gasteiger partial charge in [0.2, 0.25) is 0 Å². The first-order valence-electron chi connectivity index (χ1n) is 6.47. The molecule has 1 rings (SSSR count). The van der Waals surface area contributed by atoms with E-state index >= 15 is 0 Å². The smallest absolute Gasteiger partial charge is 0.310 e. The third kappa shape index (κ3) is 4.82. The van der Waals surface area contributed by atoms with Gasteiger partial charge in [0.25, 0.3) is 0 Å². The number of nitrogens with one attached hydrogen (secondary N) is 1. The largest absolute Gasteiger partial charge is 0.419 e. The maximum absolute atomic E-state index is 13.1. The van der Waals surface area contributed by atoms with E-state index in [9.17, 15) is 17.6 Å². The zero-order chi connectivity index (χ0) is 14.5. The lowest BCUT2D eigenvalue weighted by atomic mass is 10.1. The van der Waals surface area contributed by atoms with Crippen LogP contribution in [0.15, 0.2) is 18.2 Å². The van der Waals surface area contributed by atoms with Crippen LogP contribution >= 0.6 is 0 Å². The normalized spacial score (nSPS) is 13.6. The summed E-state index contributed by atoms with van der Waals surface area (Å²) in [6.45, 7) is 4.41. The van der Waals surface area contributed by atoms with Crippen LogP contribution in [-0.4, -0.2) is 6.04 Å². The van der Waals surface area contributed by atoms with E-state index in [1.807, 2.05) is 6.92 Å². The molecule has 0 bridgehead atoms. The third-order valence-electron chi connectivity index (χ3n) is 3.06. The number of hydrogen-bond donors (Lipinski definition) is 1. The molecule has 108 valence electrons. The van der Waals surface area contributed by atoms with Gasteiger partial charge in [0.1, 0.15) is 5.82 Å². The van der Waals surface area contributed by atoms with Crippen LogP contribution in [0.2, 0.25) is 0 Å². The first-order valence-corrected chi connectivity index (χ1v) is 6.47. The van der Waals surface area contributed by atoms with Gasteiger partial charge in [0, 0.05) is 12.6 Å². The van der Waals surface area contributed by atoms with Crippen LogP contribution in [0, 0.1) is 5.82 Å². The summed E-state index contributed by atoms with van der Waals surface area (Å²) < 4.78 is 50.8. The summed E-state index contributed by atoms with van der Waals surface area (Å²) in [7, 11) is 0. The van der Waals surface area contributed by atoms with Crippen molar-refractivity contribution >= 4 is 0 Å². The van der Waals surface area contributed by atoms with E-state index in [0.717, 1.165) is 31.4 Å². The zero-order valence-corrected chi connectivity index (χ0v) is 11.1. The van der Waals surface area contributed by atoms with E-state index in [0.29, 0.717) is 12.1 Å². The topological polar surface area (TPSA) is 12.0 Å². The van der Waals surface area contributed by atoms with Crippen LogP contribution in [0.1, 0.15) is 44.2 Å². The molecule has 0 radical (unpaired) electrons. The Morgan fingerprint density at radius 1 is 1.21 bits per heavy atom. The molecule has 0 fully saturated rings. The standard InChI is InChI=1S/C14H19F4N/c1-3-5-11(4-2)19-9-10-6-7-13(15)12(8-10)14(16,17)18/h6-8,11,19H,3-5,9H2,1-2H3. The third-order valence-corrected chi connectivity index (χ3v) is 3.06. The average Bonchev–Trinajstić information content (AvgIpc) is 2.34. The highest BCUT2D eigenvalue weighted by Gasteiger charge is 2.34. The summed E-state index contributed by atoms with van der Waals surface area (Å²) in [6, 6.07) is 3.42. The van der Waals surface area contributed by atoms with Crippen molar-refractivity contribution < 1.29 is 17.6 Å². The summed E-state index contributed by atoms with van der Waals surface area (Å²) in [4.78, 5) is 0. The lowest BCUT2D eigenvalue weighted by molar-refractivity contribution is -0.140. The number of rotatable bonds is 6. The van der Waals surface area contributed by atoms with Gasteiger partial charge < -0.3 is 5.32 Å². The van der Waals surface area contributed by atoms with Gasteiger partial charge in [-0.05, 0) is 30.5 Å². The quantitative estimate of drug-likeness (QED) is 0.754. The fraction of sp³-hybridized carbons (Fsp3) is 0.571. The molecule has 1 unspecified atom stereocenters. The molecule has 1 N–H and O–H groups in total. The molecule has 5 heteroatoms. The number of hydrogen-bond acceptors (Lipinski definition) is 1. The molecular weight excluding hydrogens is 258 g/mol. The molecule has 1 atom stereocenters. The monoisotopic (exact) mass is 277 g/mol. The van der Waals surface area contributed by atoms with E-state index in [2.05, 4.69) is 12.2 Å². The van der Waals surface area contributed by atoms with Crippen molar-refractivity contribution in [3.05, 3.63) is 35.1 Å². The first kappa shape index (κ1) is 16.0. The Hall–Kier alpha value is -1.10. The summed E-state index contributed by atoms with van der Waals surface area (Å²) in [5, 5.41) is 3.19. The van der Waals surface area contributed by atoms with E-state index in [4.69, 9.17) is 0 Å². The van der Waals surface area contributed by atoms with Crippen molar-refractivity contribution in [3.8, 4) is 0 Å². The van der Waals surface area contributed by atoms with Crippen molar-refractivity contribution in [2.45, 2.75) is 51.9 Å². The Balaban J connectivity index is 2.75. The van der Waals surface area contributed by atoms with E-state index < -0.39 is 17.6 Å². The van der Waals surface area contributed by atoms with Crippen molar-refractivity contribution in [1.29, 1.82) is 0 Å². The molecule has 0 aromatic heterocycles. The second-order valence-corrected chi connectivity index (χ2v) is 4.59. The van der Waals surface area contributed by atoms with Gasteiger partial charge in [-0.3, -0.25) is 0 Å².